The second-order valence-corrected chi connectivity index (χ2v) is 6.72. The SMILES string of the molecule is Cc1nn(C)c(CN(CC2CCCNC2)C2CC2)c1Cl. The first-order chi connectivity index (χ1) is 9.65. The summed E-state index contributed by atoms with van der Waals surface area (Å²) in [5.41, 5.74) is 2.11. The first-order valence-electron chi connectivity index (χ1n) is 7.78. The van der Waals surface area contributed by atoms with E-state index in [2.05, 4.69) is 15.3 Å². The number of halogens is 1. The molecule has 1 N–H and O–H groups in total. The number of piperidine rings is 1. The highest BCUT2D eigenvalue weighted by Crippen LogP contribution is 2.31. The molecule has 0 radical (unpaired) electrons. The van der Waals surface area contributed by atoms with Crippen molar-refractivity contribution in [2.45, 2.75) is 45.2 Å². The van der Waals surface area contributed by atoms with Gasteiger partial charge in [-0.2, -0.15) is 5.10 Å². The van der Waals surface area contributed by atoms with Gasteiger partial charge in [-0.3, -0.25) is 9.58 Å². The number of hydrogen-bond acceptors (Lipinski definition) is 3. The third-order valence-electron chi connectivity index (χ3n) is 4.57. The van der Waals surface area contributed by atoms with E-state index in [9.17, 15) is 0 Å². The summed E-state index contributed by atoms with van der Waals surface area (Å²) in [5, 5.41) is 8.80. The number of aromatic nitrogens is 2. The van der Waals surface area contributed by atoms with Gasteiger partial charge in [-0.1, -0.05) is 11.6 Å². The molecule has 1 aliphatic heterocycles. The zero-order chi connectivity index (χ0) is 14.1. The van der Waals surface area contributed by atoms with Gasteiger partial charge in [-0.05, 0) is 51.6 Å². The van der Waals surface area contributed by atoms with Crippen LogP contribution in [0.2, 0.25) is 5.02 Å². The molecule has 1 saturated heterocycles. The van der Waals surface area contributed by atoms with Gasteiger partial charge in [-0.25, -0.2) is 0 Å². The summed E-state index contributed by atoms with van der Waals surface area (Å²) >= 11 is 6.40. The molecule has 3 rings (SSSR count). The van der Waals surface area contributed by atoms with Crippen molar-refractivity contribution in [3.05, 3.63) is 16.4 Å². The minimum Gasteiger partial charge on any atom is -0.316 e. The van der Waals surface area contributed by atoms with Gasteiger partial charge in [-0.15, -0.1) is 0 Å². The van der Waals surface area contributed by atoms with Crippen LogP contribution in [0.25, 0.3) is 0 Å². The molecule has 1 aromatic rings. The number of nitrogens with one attached hydrogen (secondary N) is 1. The fourth-order valence-corrected chi connectivity index (χ4v) is 3.46. The third-order valence-corrected chi connectivity index (χ3v) is 5.06. The van der Waals surface area contributed by atoms with Gasteiger partial charge in [0.1, 0.15) is 0 Å². The molecule has 5 heteroatoms. The van der Waals surface area contributed by atoms with Crippen molar-refractivity contribution in [2.24, 2.45) is 13.0 Å². The van der Waals surface area contributed by atoms with Crippen molar-refractivity contribution in [3.8, 4) is 0 Å². The maximum absolute atomic E-state index is 6.40. The van der Waals surface area contributed by atoms with Gasteiger partial charge >= 0.3 is 0 Å². The van der Waals surface area contributed by atoms with Gasteiger partial charge in [0.15, 0.2) is 0 Å². The van der Waals surface area contributed by atoms with Crippen LogP contribution in [0.3, 0.4) is 0 Å². The molecule has 2 aliphatic rings. The van der Waals surface area contributed by atoms with E-state index in [1.54, 1.807) is 0 Å². The predicted molar refractivity (Wildman–Crippen MR) is 82.0 cm³/mol. The maximum Gasteiger partial charge on any atom is 0.0860 e. The van der Waals surface area contributed by atoms with Crippen LogP contribution >= 0.6 is 11.6 Å². The predicted octanol–water partition coefficient (Wildman–Crippen LogP) is 2.35. The van der Waals surface area contributed by atoms with Gasteiger partial charge in [0.2, 0.25) is 0 Å². The summed E-state index contributed by atoms with van der Waals surface area (Å²) in [5.74, 6) is 0.789. The molecule has 0 amide bonds. The minimum atomic E-state index is 0.767. The van der Waals surface area contributed by atoms with Crippen LogP contribution in [0, 0.1) is 12.8 Å². The Kier molecular flexibility index (Phi) is 4.34. The molecule has 2 heterocycles. The Balaban J connectivity index is 1.67. The lowest BCUT2D eigenvalue weighted by Crippen LogP contribution is -2.39. The van der Waals surface area contributed by atoms with Gasteiger partial charge in [0.25, 0.3) is 0 Å². The molecule has 1 saturated carbocycles. The fourth-order valence-electron chi connectivity index (χ4n) is 3.24. The van der Waals surface area contributed by atoms with Crippen LogP contribution in [0.1, 0.15) is 37.1 Å². The van der Waals surface area contributed by atoms with Crippen molar-refractivity contribution in [3.63, 3.8) is 0 Å². The molecule has 1 aromatic heterocycles. The van der Waals surface area contributed by atoms with Crippen LogP contribution in [-0.2, 0) is 13.6 Å². The largest absolute Gasteiger partial charge is 0.316 e. The molecule has 4 nitrogen and oxygen atoms in total. The number of rotatable bonds is 5. The van der Waals surface area contributed by atoms with E-state index in [1.165, 1.54) is 51.0 Å². The Morgan fingerprint density at radius 1 is 1.40 bits per heavy atom. The van der Waals surface area contributed by atoms with Crippen LogP contribution < -0.4 is 5.32 Å². The van der Waals surface area contributed by atoms with E-state index >= 15 is 0 Å². The smallest absolute Gasteiger partial charge is 0.0860 e. The molecule has 2 fully saturated rings. The fraction of sp³-hybridized carbons (Fsp3) is 0.800. The quantitative estimate of drug-likeness (QED) is 0.905. The third kappa shape index (κ3) is 3.18. The minimum absolute atomic E-state index is 0.767. The van der Waals surface area contributed by atoms with Crippen LogP contribution in [0.4, 0.5) is 0 Å². The molecule has 1 atom stereocenters. The number of hydrogen-bond donors (Lipinski definition) is 1. The van der Waals surface area contributed by atoms with Gasteiger partial charge < -0.3 is 5.32 Å². The number of aryl methyl sites for hydroxylation is 2. The monoisotopic (exact) mass is 296 g/mol. The highest BCUT2D eigenvalue weighted by Gasteiger charge is 2.32. The van der Waals surface area contributed by atoms with Crippen LogP contribution in [0.5, 0.6) is 0 Å². The van der Waals surface area contributed by atoms with E-state index in [4.69, 9.17) is 11.6 Å². The van der Waals surface area contributed by atoms with E-state index in [0.29, 0.717) is 0 Å². The maximum atomic E-state index is 6.40. The van der Waals surface area contributed by atoms with E-state index < -0.39 is 0 Å². The molecular formula is C15H25ClN4. The Hall–Kier alpha value is -0.580. The van der Waals surface area contributed by atoms with Crippen molar-refractivity contribution in [1.29, 1.82) is 0 Å². The molecule has 1 aliphatic carbocycles. The second kappa shape index (κ2) is 6.04. The summed E-state index contributed by atoms with van der Waals surface area (Å²) < 4.78 is 1.95. The Bertz CT molecular complexity index is 461. The van der Waals surface area contributed by atoms with Crippen LogP contribution in [0.15, 0.2) is 0 Å². The topological polar surface area (TPSA) is 33.1 Å². The molecule has 0 bridgehead atoms. The van der Waals surface area contributed by atoms with Crippen molar-refractivity contribution in [1.82, 2.24) is 20.0 Å². The summed E-state index contributed by atoms with van der Waals surface area (Å²) in [6.45, 7) is 6.47. The molecule has 20 heavy (non-hydrogen) atoms. The molecular weight excluding hydrogens is 272 g/mol. The first-order valence-corrected chi connectivity index (χ1v) is 8.15. The molecule has 0 spiro atoms. The molecule has 112 valence electrons. The molecule has 0 aromatic carbocycles. The normalized spacial score (nSPS) is 23.5. The standard InChI is InChI=1S/C15H25ClN4/c1-11-15(16)14(19(2)18-11)10-20(13-5-6-13)9-12-4-3-7-17-8-12/h12-13,17H,3-10H2,1-2H3. The zero-order valence-corrected chi connectivity index (χ0v) is 13.3. The average molecular weight is 297 g/mol. The van der Waals surface area contributed by atoms with E-state index in [1.807, 2.05) is 18.7 Å². The number of nitrogens with zero attached hydrogens (tertiary/aromatic N) is 3. The van der Waals surface area contributed by atoms with Gasteiger partial charge in [0.05, 0.1) is 16.4 Å². The second-order valence-electron chi connectivity index (χ2n) is 6.34. The highest BCUT2D eigenvalue weighted by atomic mass is 35.5. The lowest BCUT2D eigenvalue weighted by molar-refractivity contribution is 0.189. The van der Waals surface area contributed by atoms with Crippen molar-refractivity contribution in [2.75, 3.05) is 19.6 Å². The Labute approximate surface area is 126 Å². The summed E-state index contributed by atoms with van der Waals surface area (Å²) in [4.78, 5) is 2.62. The summed E-state index contributed by atoms with van der Waals surface area (Å²) in [6, 6.07) is 0.767. The Morgan fingerprint density at radius 3 is 2.75 bits per heavy atom. The van der Waals surface area contributed by atoms with Crippen LogP contribution in [-0.4, -0.2) is 40.4 Å². The molecule has 1 unspecified atom stereocenters. The van der Waals surface area contributed by atoms with Gasteiger partial charge in [0, 0.05) is 26.2 Å². The van der Waals surface area contributed by atoms with E-state index in [0.717, 1.165) is 29.2 Å². The average Bonchev–Trinajstić information content (AvgIpc) is 3.24. The Morgan fingerprint density at radius 2 is 2.20 bits per heavy atom. The zero-order valence-electron chi connectivity index (χ0n) is 12.5. The van der Waals surface area contributed by atoms with Crippen molar-refractivity contribution < 1.29 is 0 Å². The first kappa shape index (κ1) is 14.4. The summed E-state index contributed by atoms with van der Waals surface area (Å²) in [7, 11) is 2.00. The van der Waals surface area contributed by atoms with E-state index in [-0.39, 0.29) is 0 Å². The summed E-state index contributed by atoms with van der Waals surface area (Å²) in [6.07, 6.45) is 5.35. The van der Waals surface area contributed by atoms with Crippen molar-refractivity contribution >= 4 is 11.6 Å². The highest BCUT2D eigenvalue weighted by molar-refractivity contribution is 6.31. The lowest BCUT2D eigenvalue weighted by Gasteiger charge is -2.30. The lowest BCUT2D eigenvalue weighted by atomic mass is 9.99.